The van der Waals surface area contributed by atoms with E-state index in [0.29, 0.717) is 22.7 Å². The molecule has 28 heavy (non-hydrogen) atoms. The van der Waals surface area contributed by atoms with Gasteiger partial charge in [-0.1, -0.05) is 12.1 Å². The minimum absolute atomic E-state index is 0.249. The molecule has 0 bridgehead atoms. The molecule has 2 heterocycles. The number of fused-ring (bicyclic) bond motifs is 1. The zero-order valence-electron chi connectivity index (χ0n) is 16.1. The van der Waals surface area contributed by atoms with E-state index in [1.807, 2.05) is 24.3 Å². The van der Waals surface area contributed by atoms with Gasteiger partial charge in [0.2, 0.25) is 0 Å². The summed E-state index contributed by atoms with van der Waals surface area (Å²) in [7, 11) is 3.10. The van der Waals surface area contributed by atoms with Crippen LogP contribution in [-0.2, 0) is 13.0 Å². The van der Waals surface area contributed by atoms with E-state index < -0.39 is 0 Å². The number of hydrogen-bond donors (Lipinski definition) is 1. The lowest BCUT2D eigenvalue weighted by Crippen LogP contribution is -2.13. The second-order valence-corrected chi connectivity index (χ2v) is 6.79. The molecule has 144 valence electrons. The average Bonchev–Trinajstić information content (AvgIpc) is 3.18. The van der Waals surface area contributed by atoms with Gasteiger partial charge in [0.05, 0.1) is 25.5 Å². The van der Waals surface area contributed by atoms with Gasteiger partial charge >= 0.3 is 0 Å². The predicted molar refractivity (Wildman–Crippen MR) is 108 cm³/mol. The number of carbonyl (C=O) groups is 1. The fourth-order valence-corrected chi connectivity index (χ4v) is 3.47. The summed E-state index contributed by atoms with van der Waals surface area (Å²) >= 11 is 0. The van der Waals surface area contributed by atoms with Crippen LogP contribution >= 0.6 is 0 Å². The van der Waals surface area contributed by atoms with E-state index in [9.17, 15) is 4.79 Å². The van der Waals surface area contributed by atoms with Crippen LogP contribution in [0.4, 0.5) is 5.69 Å². The number of imidazole rings is 1. The lowest BCUT2D eigenvalue weighted by molar-refractivity contribution is 0.102. The molecule has 0 atom stereocenters. The number of amides is 1. The number of anilines is 1. The summed E-state index contributed by atoms with van der Waals surface area (Å²) in [5.41, 5.74) is 3.15. The van der Waals surface area contributed by atoms with E-state index in [1.165, 1.54) is 20.0 Å². The van der Waals surface area contributed by atoms with E-state index in [1.54, 1.807) is 25.3 Å². The predicted octanol–water partition coefficient (Wildman–Crippen LogP) is 4.16. The van der Waals surface area contributed by atoms with Crippen LogP contribution in [0.25, 0.3) is 11.3 Å². The summed E-state index contributed by atoms with van der Waals surface area (Å²) in [6.45, 7) is 1.04. The van der Waals surface area contributed by atoms with E-state index in [0.717, 1.165) is 30.0 Å². The number of aromatic nitrogens is 2. The molecule has 3 aromatic rings. The fraction of sp³-hybridized carbons (Fsp3) is 0.273. The van der Waals surface area contributed by atoms with Gasteiger partial charge < -0.3 is 19.4 Å². The largest absolute Gasteiger partial charge is 0.497 e. The lowest BCUT2D eigenvalue weighted by Gasteiger charge is -2.11. The number of benzene rings is 2. The Kier molecular flexibility index (Phi) is 5.02. The standard InChI is InChI=1S/C22H23N3O3/c1-27-17-10-11-20(28-2)18(13-17)22(26)23-16-8-6-15(7-9-16)19-14-25-12-4-3-5-21(25)24-19/h6-11,13-14H,3-5,12H2,1-2H3,(H,23,26). The highest BCUT2D eigenvalue weighted by molar-refractivity contribution is 6.06. The number of nitrogens with zero attached hydrogens (tertiary/aromatic N) is 2. The Morgan fingerprint density at radius 2 is 1.89 bits per heavy atom. The number of hydrogen-bond acceptors (Lipinski definition) is 4. The van der Waals surface area contributed by atoms with Crippen LogP contribution in [0.5, 0.6) is 11.5 Å². The molecule has 0 saturated heterocycles. The topological polar surface area (TPSA) is 65.4 Å². The molecule has 0 fully saturated rings. The number of aryl methyl sites for hydroxylation is 2. The van der Waals surface area contributed by atoms with Crippen molar-refractivity contribution in [2.45, 2.75) is 25.8 Å². The highest BCUT2D eigenvalue weighted by atomic mass is 16.5. The maximum atomic E-state index is 12.7. The molecule has 1 aromatic heterocycles. The normalized spacial score (nSPS) is 12.9. The molecule has 1 aliphatic rings. The quantitative estimate of drug-likeness (QED) is 0.725. The van der Waals surface area contributed by atoms with Gasteiger partial charge in [-0.3, -0.25) is 4.79 Å². The van der Waals surface area contributed by atoms with Crippen molar-refractivity contribution in [3.63, 3.8) is 0 Å². The Balaban J connectivity index is 1.52. The first-order valence-corrected chi connectivity index (χ1v) is 9.38. The van der Waals surface area contributed by atoms with Gasteiger partial charge in [-0.15, -0.1) is 0 Å². The van der Waals surface area contributed by atoms with Gasteiger partial charge in [-0.05, 0) is 43.2 Å². The molecule has 1 N–H and O–H groups in total. The molecule has 2 aromatic carbocycles. The highest BCUT2D eigenvalue weighted by Gasteiger charge is 2.15. The van der Waals surface area contributed by atoms with Crippen molar-refractivity contribution in [1.29, 1.82) is 0 Å². The molecular weight excluding hydrogens is 354 g/mol. The van der Waals surface area contributed by atoms with Gasteiger partial charge in [0.25, 0.3) is 5.91 Å². The van der Waals surface area contributed by atoms with E-state index in [2.05, 4.69) is 16.1 Å². The zero-order chi connectivity index (χ0) is 19.5. The Bertz CT molecular complexity index is 969. The summed E-state index contributed by atoms with van der Waals surface area (Å²) in [6.07, 6.45) is 5.57. The molecular formula is C22H23N3O3. The summed E-state index contributed by atoms with van der Waals surface area (Å²) in [4.78, 5) is 17.4. The number of ether oxygens (including phenoxy) is 2. The van der Waals surface area contributed by atoms with Gasteiger partial charge in [0.15, 0.2) is 0 Å². The van der Waals surface area contributed by atoms with Crippen LogP contribution in [0.15, 0.2) is 48.7 Å². The van der Waals surface area contributed by atoms with Crippen LogP contribution in [-0.4, -0.2) is 29.7 Å². The van der Waals surface area contributed by atoms with Gasteiger partial charge in [-0.25, -0.2) is 4.98 Å². The number of nitrogens with one attached hydrogen (secondary N) is 1. The second-order valence-electron chi connectivity index (χ2n) is 6.79. The third kappa shape index (κ3) is 3.58. The van der Waals surface area contributed by atoms with Gasteiger partial charge in [-0.2, -0.15) is 0 Å². The molecule has 6 heteroatoms. The van der Waals surface area contributed by atoms with Crippen molar-refractivity contribution in [2.75, 3.05) is 19.5 Å². The average molecular weight is 377 g/mol. The molecule has 1 amide bonds. The summed E-state index contributed by atoms with van der Waals surface area (Å²) < 4.78 is 12.7. The molecule has 4 rings (SSSR count). The van der Waals surface area contributed by atoms with Crippen molar-refractivity contribution in [1.82, 2.24) is 9.55 Å². The van der Waals surface area contributed by atoms with Gasteiger partial charge in [0, 0.05) is 30.4 Å². The summed E-state index contributed by atoms with van der Waals surface area (Å²) in [6, 6.07) is 12.9. The van der Waals surface area contributed by atoms with Gasteiger partial charge in [0.1, 0.15) is 17.3 Å². The Labute approximate surface area is 164 Å². The minimum atomic E-state index is -0.249. The molecule has 0 saturated carbocycles. The second kappa shape index (κ2) is 7.76. The zero-order valence-corrected chi connectivity index (χ0v) is 16.1. The minimum Gasteiger partial charge on any atom is -0.497 e. The number of methoxy groups -OCH3 is 2. The first-order valence-electron chi connectivity index (χ1n) is 9.38. The molecule has 0 unspecified atom stereocenters. The van der Waals surface area contributed by atoms with Crippen molar-refractivity contribution in [2.24, 2.45) is 0 Å². The highest BCUT2D eigenvalue weighted by Crippen LogP contribution is 2.26. The first kappa shape index (κ1) is 18.1. The van der Waals surface area contributed by atoms with Crippen LogP contribution in [0.1, 0.15) is 29.0 Å². The van der Waals surface area contributed by atoms with E-state index in [-0.39, 0.29) is 5.91 Å². The van der Waals surface area contributed by atoms with Crippen LogP contribution < -0.4 is 14.8 Å². The third-order valence-corrected chi connectivity index (χ3v) is 5.00. The molecule has 1 aliphatic heterocycles. The Hall–Kier alpha value is -3.28. The van der Waals surface area contributed by atoms with Crippen molar-refractivity contribution in [3.05, 3.63) is 60.0 Å². The monoisotopic (exact) mass is 377 g/mol. The first-order chi connectivity index (χ1) is 13.7. The smallest absolute Gasteiger partial charge is 0.259 e. The van der Waals surface area contributed by atoms with Crippen LogP contribution in [0.3, 0.4) is 0 Å². The Morgan fingerprint density at radius 3 is 2.61 bits per heavy atom. The Morgan fingerprint density at radius 1 is 1.07 bits per heavy atom. The number of carbonyl (C=O) groups excluding carboxylic acids is 1. The van der Waals surface area contributed by atoms with Crippen molar-refractivity contribution < 1.29 is 14.3 Å². The lowest BCUT2D eigenvalue weighted by atomic mass is 10.1. The van der Waals surface area contributed by atoms with Crippen LogP contribution in [0, 0.1) is 0 Å². The van der Waals surface area contributed by atoms with Crippen LogP contribution in [0.2, 0.25) is 0 Å². The van der Waals surface area contributed by atoms with E-state index >= 15 is 0 Å². The maximum Gasteiger partial charge on any atom is 0.259 e. The van der Waals surface area contributed by atoms with Crippen molar-refractivity contribution in [3.8, 4) is 22.8 Å². The SMILES string of the molecule is COc1ccc(OC)c(C(=O)Nc2ccc(-c3cn4c(n3)CCCC4)cc2)c1. The fourth-order valence-electron chi connectivity index (χ4n) is 3.47. The maximum absolute atomic E-state index is 12.7. The van der Waals surface area contributed by atoms with Crippen molar-refractivity contribution >= 4 is 11.6 Å². The van der Waals surface area contributed by atoms with E-state index in [4.69, 9.17) is 14.5 Å². The third-order valence-electron chi connectivity index (χ3n) is 5.00. The molecule has 0 spiro atoms. The summed E-state index contributed by atoms with van der Waals surface area (Å²) in [5.74, 6) is 2.01. The summed E-state index contributed by atoms with van der Waals surface area (Å²) in [5, 5.41) is 2.91. The number of rotatable bonds is 5. The molecule has 6 nitrogen and oxygen atoms in total. The molecule has 0 radical (unpaired) electrons. The molecule has 0 aliphatic carbocycles.